The summed E-state index contributed by atoms with van der Waals surface area (Å²) >= 11 is 0. The Morgan fingerprint density at radius 2 is 2.00 bits per heavy atom. The van der Waals surface area contributed by atoms with Gasteiger partial charge in [-0.3, -0.25) is 0 Å². The average molecular weight is 233 g/mol. The summed E-state index contributed by atoms with van der Waals surface area (Å²) in [5.41, 5.74) is 5.07. The zero-order valence-corrected chi connectivity index (χ0v) is 8.87. The van der Waals surface area contributed by atoms with Gasteiger partial charge in [0.05, 0.1) is 13.2 Å². The van der Waals surface area contributed by atoms with Gasteiger partial charge in [0.15, 0.2) is 17.3 Å². The Labute approximate surface area is 91.3 Å². The van der Waals surface area contributed by atoms with Gasteiger partial charge in [0.2, 0.25) is 5.82 Å². The smallest absolute Gasteiger partial charge is 0.210 e. The lowest BCUT2D eigenvalue weighted by Crippen LogP contribution is -2.24. The quantitative estimate of drug-likeness (QED) is 0.729. The Kier molecular flexibility index (Phi) is 3.66. The third-order valence-corrected chi connectivity index (χ3v) is 2.20. The Balaban J connectivity index is 3.34. The van der Waals surface area contributed by atoms with Crippen LogP contribution in [0.3, 0.4) is 0 Å². The molecule has 0 amide bonds. The summed E-state index contributed by atoms with van der Waals surface area (Å²) in [7, 11) is 1.07. The zero-order valence-electron chi connectivity index (χ0n) is 8.87. The molecule has 2 unspecified atom stereocenters. The van der Waals surface area contributed by atoms with E-state index in [-0.39, 0.29) is 5.56 Å². The molecule has 6 heteroatoms. The number of halogens is 2. The highest BCUT2D eigenvalue weighted by atomic mass is 19.1. The number of aliphatic hydroxyl groups is 1. The summed E-state index contributed by atoms with van der Waals surface area (Å²) < 4.78 is 31.1. The molecule has 0 bridgehead atoms. The fraction of sp³-hybridized carbons (Fsp3) is 0.400. The van der Waals surface area contributed by atoms with Crippen LogP contribution in [0.5, 0.6) is 11.5 Å². The maximum atomic E-state index is 13.4. The molecule has 0 fully saturated rings. The molecule has 1 aromatic carbocycles. The summed E-state index contributed by atoms with van der Waals surface area (Å²) in [5.74, 6) is -3.81. The molecular formula is C10H13F2NO3. The topological polar surface area (TPSA) is 75.7 Å². The van der Waals surface area contributed by atoms with Crippen LogP contribution in [0.4, 0.5) is 8.78 Å². The summed E-state index contributed by atoms with van der Waals surface area (Å²) in [6, 6.07) is 0.0312. The molecule has 0 aliphatic heterocycles. The molecule has 0 heterocycles. The predicted octanol–water partition coefficient (Wildman–Crippen LogP) is 1.06. The van der Waals surface area contributed by atoms with E-state index in [0.717, 1.165) is 13.2 Å². The van der Waals surface area contributed by atoms with Gasteiger partial charge in [-0.25, -0.2) is 4.39 Å². The zero-order chi connectivity index (χ0) is 12.5. The van der Waals surface area contributed by atoms with E-state index in [1.165, 1.54) is 6.92 Å². The summed E-state index contributed by atoms with van der Waals surface area (Å²) in [5, 5.41) is 18.9. The number of phenols is 1. The van der Waals surface area contributed by atoms with Crippen molar-refractivity contribution >= 4 is 0 Å². The van der Waals surface area contributed by atoms with E-state index in [0.29, 0.717) is 0 Å². The predicted molar refractivity (Wildman–Crippen MR) is 53.2 cm³/mol. The van der Waals surface area contributed by atoms with E-state index in [1.807, 2.05) is 0 Å². The lowest BCUT2D eigenvalue weighted by molar-refractivity contribution is 0.148. The molecule has 0 saturated heterocycles. The number of rotatable bonds is 3. The van der Waals surface area contributed by atoms with Crippen molar-refractivity contribution in [2.24, 2.45) is 5.73 Å². The molecule has 0 saturated carbocycles. The standard InChI is InChI=1S/C10H13F2NO3/c1-4(13)8(14)5-3-6(11)10(16-2)7(12)9(5)15/h3-4,8,14-15H,13H2,1-2H3. The van der Waals surface area contributed by atoms with Crippen LogP contribution in [0.2, 0.25) is 0 Å². The van der Waals surface area contributed by atoms with E-state index in [4.69, 9.17) is 5.73 Å². The molecule has 0 aliphatic carbocycles. The average Bonchev–Trinajstić information content (AvgIpc) is 2.23. The van der Waals surface area contributed by atoms with Crippen LogP contribution in [0, 0.1) is 11.6 Å². The first-order valence-electron chi connectivity index (χ1n) is 4.58. The van der Waals surface area contributed by atoms with Crippen LogP contribution in [-0.2, 0) is 0 Å². The summed E-state index contributed by atoms with van der Waals surface area (Å²) in [6.07, 6.45) is -1.35. The first-order valence-corrected chi connectivity index (χ1v) is 4.58. The van der Waals surface area contributed by atoms with E-state index in [1.54, 1.807) is 0 Å². The number of hydrogen-bond donors (Lipinski definition) is 3. The second-order valence-electron chi connectivity index (χ2n) is 3.45. The Bertz CT molecular complexity index is 396. The molecule has 2 atom stereocenters. The SMILES string of the molecule is COc1c(F)cc(C(O)C(C)N)c(O)c1F. The van der Waals surface area contributed by atoms with Gasteiger partial charge in [-0.1, -0.05) is 0 Å². The van der Waals surface area contributed by atoms with Crippen molar-refractivity contribution < 1.29 is 23.7 Å². The van der Waals surface area contributed by atoms with Crippen LogP contribution < -0.4 is 10.5 Å². The van der Waals surface area contributed by atoms with E-state index < -0.39 is 35.3 Å². The van der Waals surface area contributed by atoms with Crippen molar-refractivity contribution in [2.45, 2.75) is 19.1 Å². The molecule has 1 aromatic rings. The molecule has 0 aromatic heterocycles. The number of hydrogen-bond acceptors (Lipinski definition) is 4. The number of ether oxygens (including phenoxy) is 1. The molecular weight excluding hydrogens is 220 g/mol. The van der Waals surface area contributed by atoms with Gasteiger partial charge in [0.25, 0.3) is 0 Å². The minimum absolute atomic E-state index is 0.300. The lowest BCUT2D eigenvalue weighted by Gasteiger charge is -2.17. The van der Waals surface area contributed by atoms with Crippen molar-refractivity contribution in [2.75, 3.05) is 7.11 Å². The summed E-state index contributed by atoms with van der Waals surface area (Å²) in [6.45, 7) is 1.45. The van der Waals surface area contributed by atoms with Crippen molar-refractivity contribution in [3.8, 4) is 11.5 Å². The monoisotopic (exact) mass is 233 g/mol. The van der Waals surface area contributed by atoms with Crippen molar-refractivity contribution in [3.05, 3.63) is 23.3 Å². The Hall–Kier alpha value is -1.40. The Morgan fingerprint density at radius 1 is 1.44 bits per heavy atom. The van der Waals surface area contributed by atoms with Crippen molar-refractivity contribution in [1.29, 1.82) is 0 Å². The number of aliphatic hydroxyl groups excluding tert-OH is 1. The second kappa shape index (κ2) is 4.63. The lowest BCUT2D eigenvalue weighted by atomic mass is 10.0. The maximum absolute atomic E-state index is 13.4. The first kappa shape index (κ1) is 12.7. The highest BCUT2D eigenvalue weighted by molar-refractivity contribution is 5.44. The third kappa shape index (κ3) is 2.07. The number of methoxy groups -OCH3 is 1. The van der Waals surface area contributed by atoms with Gasteiger partial charge in [-0.05, 0) is 13.0 Å². The van der Waals surface area contributed by atoms with Crippen molar-refractivity contribution in [1.82, 2.24) is 0 Å². The molecule has 90 valence electrons. The number of aromatic hydroxyl groups is 1. The van der Waals surface area contributed by atoms with Gasteiger partial charge >= 0.3 is 0 Å². The van der Waals surface area contributed by atoms with Gasteiger partial charge in [0, 0.05) is 11.6 Å². The maximum Gasteiger partial charge on any atom is 0.210 e. The van der Waals surface area contributed by atoms with Gasteiger partial charge < -0.3 is 20.7 Å². The Morgan fingerprint density at radius 3 is 2.44 bits per heavy atom. The van der Waals surface area contributed by atoms with E-state index in [9.17, 15) is 19.0 Å². The largest absolute Gasteiger partial charge is 0.504 e. The van der Waals surface area contributed by atoms with Crippen LogP contribution in [0.15, 0.2) is 6.07 Å². The molecule has 0 radical (unpaired) electrons. The molecule has 4 N–H and O–H groups in total. The van der Waals surface area contributed by atoms with Gasteiger partial charge in [-0.15, -0.1) is 0 Å². The van der Waals surface area contributed by atoms with E-state index >= 15 is 0 Å². The van der Waals surface area contributed by atoms with E-state index in [2.05, 4.69) is 4.74 Å². The minimum atomic E-state index is -1.35. The van der Waals surface area contributed by atoms with Gasteiger partial charge in [-0.2, -0.15) is 4.39 Å². The number of benzene rings is 1. The number of phenolic OH excluding ortho intramolecular Hbond substituents is 1. The van der Waals surface area contributed by atoms with Crippen LogP contribution in [-0.4, -0.2) is 23.4 Å². The second-order valence-corrected chi connectivity index (χ2v) is 3.45. The highest BCUT2D eigenvalue weighted by Crippen LogP contribution is 2.35. The molecule has 4 nitrogen and oxygen atoms in total. The highest BCUT2D eigenvalue weighted by Gasteiger charge is 2.24. The first-order chi connectivity index (χ1) is 7.40. The van der Waals surface area contributed by atoms with Gasteiger partial charge in [0.1, 0.15) is 0 Å². The van der Waals surface area contributed by atoms with Crippen molar-refractivity contribution in [3.63, 3.8) is 0 Å². The van der Waals surface area contributed by atoms with Crippen LogP contribution in [0.25, 0.3) is 0 Å². The molecule has 1 rings (SSSR count). The fourth-order valence-electron chi connectivity index (χ4n) is 1.31. The fourth-order valence-corrected chi connectivity index (χ4v) is 1.31. The molecule has 0 aliphatic rings. The third-order valence-electron chi connectivity index (χ3n) is 2.20. The number of nitrogens with two attached hydrogens (primary N) is 1. The minimum Gasteiger partial charge on any atom is -0.504 e. The van der Waals surface area contributed by atoms with Crippen LogP contribution >= 0.6 is 0 Å². The molecule has 16 heavy (non-hydrogen) atoms. The summed E-state index contributed by atoms with van der Waals surface area (Å²) in [4.78, 5) is 0. The molecule has 0 spiro atoms. The normalized spacial score (nSPS) is 14.6. The van der Waals surface area contributed by atoms with Crippen LogP contribution in [0.1, 0.15) is 18.6 Å².